The van der Waals surface area contributed by atoms with E-state index >= 15 is 0 Å². The van der Waals surface area contributed by atoms with Gasteiger partial charge >= 0.3 is 12.3 Å². The van der Waals surface area contributed by atoms with Crippen LogP contribution in [0.4, 0.5) is 9.59 Å². The van der Waals surface area contributed by atoms with Gasteiger partial charge in [0.15, 0.2) is 11.6 Å². The lowest BCUT2D eigenvalue weighted by Crippen LogP contribution is -2.23. The minimum atomic E-state index is -1.03. The summed E-state index contributed by atoms with van der Waals surface area (Å²) in [6.45, 7) is 4.21. The van der Waals surface area contributed by atoms with Crippen LogP contribution in [0.15, 0.2) is 36.4 Å². The number of rotatable bonds is 8. The number of benzene rings is 2. The molecule has 0 atom stereocenters. The Morgan fingerprint density at radius 3 is 1.91 bits per heavy atom. The van der Waals surface area contributed by atoms with E-state index in [4.69, 9.17) is 18.9 Å². The normalized spacial score (nSPS) is 11.9. The van der Waals surface area contributed by atoms with Crippen molar-refractivity contribution in [1.82, 2.24) is 0 Å². The quantitative estimate of drug-likeness (QED) is 0.271. The maximum absolute atomic E-state index is 13.1. The first-order valence-electron chi connectivity index (χ1n) is 10.5. The zero-order valence-electron chi connectivity index (χ0n) is 18.0. The number of ketones is 2. The van der Waals surface area contributed by atoms with Gasteiger partial charge in [0, 0.05) is 22.8 Å². The van der Waals surface area contributed by atoms with Crippen LogP contribution >= 0.6 is 0 Å². The third-order valence-electron chi connectivity index (χ3n) is 4.79. The van der Waals surface area contributed by atoms with Crippen LogP contribution in [0.3, 0.4) is 0 Å². The molecule has 8 nitrogen and oxygen atoms in total. The summed E-state index contributed by atoms with van der Waals surface area (Å²) in [6, 6.07) is 8.80. The molecule has 0 aliphatic heterocycles. The van der Waals surface area contributed by atoms with Gasteiger partial charge in [-0.2, -0.15) is 0 Å². The number of unbranched alkanes of at least 4 members (excludes halogenated alkanes) is 2. The fraction of sp³-hybridized carbons (Fsp3) is 0.333. The highest BCUT2D eigenvalue weighted by molar-refractivity contribution is 6.29. The summed E-state index contributed by atoms with van der Waals surface area (Å²) >= 11 is 0. The summed E-state index contributed by atoms with van der Waals surface area (Å²) in [6.07, 6.45) is 0.967. The Bertz CT molecular complexity index is 1040. The number of ether oxygens (including phenoxy) is 4. The van der Waals surface area contributed by atoms with Crippen molar-refractivity contribution in [3.63, 3.8) is 0 Å². The Morgan fingerprint density at radius 2 is 1.31 bits per heavy atom. The molecular weight excluding hydrogens is 416 g/mol. The van der Waals surface area contributed by atoms with Crippen molar-refractivity contribution in [3.8, 4) is 11.5 Å². The maximum Gasteiger partial charge on any atom is 0.513 e. The largest absolute Gasteiger partial charge is 0.513 e. The molecule has 0 amide bonds. The number of hydrogen-bond acceptors (Lipinski definition) is 8. The second-order valence-electron chi connectivity index (χ2n) is 7.16. The van der Waals surface area contributed by atoms with E-state index in [-0.39, 0.29) is 47.0 Å². The highest BCUT2D eigenvalue weighted by atomic mass is 16.7. The van der Waals surface area contributed by atoms with Crippen LogP contribution in [0, 0.1) is 0 Å². The molecule has 0 spiro atoms. The summed E-state index contributed by atoms with van der Waals surface area (Å²) in [7, 11) is 0. The van der Waals surface area contributed by atoms with E-state index in [2.05, 4.69) is 0 Å². The van der Waals surface area contributed by atoms with Gasteiger partial charge in [0.05, 0.1) is 18.8 Å². The van der Waals surface area contributed by atoms with Gasteiger partial charge in [-0.15, -0.1) is 0 Å². The summed E-state index contributed by atoms with van der Waals surface area (Å²) in [5, 5.41) is 0. The molecule has 0 saturated heterocycles. The summed E-state index contributed by atoms with van der Waals surface area (Å²) < 4.78 is 20.4. The Balaban J connectivity index is 1.96. The van der Waals surface area contributed by atoms with Gasteiger partial charge in [0.25, 0.3) is 0 Å². The lowest BCUT2D eigenvalue weighted by atomic mass is 9.83. The van der Waals surface area contributed by atoms with Crippen molar-refractivity contribution in [2.45, 2.75) is 39.5 Å². The highest BCUT2D eigenvalue weighted by Gasteiger charge is 2.34. The van der Waals surface area contributed by atoms with Crippen molar-refractivity contribution in [2.75, 3.05) is 13.2 Å². The molecule has 0 aromatic heterocycles. The molecule has 2 aromatic carbocycles. The molecule has 0 heterocycles. The highest BCUT2D eigenvalue weighted by Crippen LogP contribution is 2.37. The third-order valence-corrected chi connectivity index (χ3v) is 4.79. The number of hydrogen-bond donors (Lipinski definition) is 0. The molecule has 3 rings (SSSR count). The van der Waals surface area contributed by atoms with Gasteiger partial charge in [-0.1, -0.05) is 51.0 Å². The lowest BCUT2D eigenvalue weighted by Gasteiger charge is -2.20. The van der Waals surface area contributed by atoms with Gasteiger partial charge in [-0.3, -0.25) is 9.59 Å². The Morgan fingerprint density at radius 1 is 0.750 bits per heavy atom. The molecule has 0 N–H and O–H groups in total. The number of carbonyl (C=O) groups excluding carboxylic acids is 4. The van der Waals surface area contributed by atoms with Crippen LogP contribution in [0.25, 0.3) is 0 Å². The van der Waals surface area contributed by atoms with Crippen molar-refractivity contribution in [2.24, 2.45) is 0 Å². The van der Waals surface area contributed by atoms with E-state index in [0.29, 0.717) is 12.8 Å². The second-order valence-corrected chi connectivity index (χ2v) is 7.16. The molecule has 0 bridgehead atoms. The topological polar surface area (TPSA) is 105 Å². The fourth-order valence-electron chi connectivity index (χ4n) is 3.15. The molecule has 0 radical (unpaired) electrons. The summed E-state index contributed by atoms with van der Waals surface area (Å²) in [5.74, 6) is -1.26. The molecule has 0 fully saturated rings. The van der Waals surface area contributed by atoms with Gasteiger partial charge in [-0.25, -0.2) is 9.59 Å². The first-order chi connectivity index (χ1) is 15.5. The van der Waals surface area contributed by atoms with Crippen LogP contribution in [0.2, 0.25) is 0 Å². The van der Waals surface area contributed by atoms with Crippen LogP contribution < -0.4 is 9.47 Å². The smallest absolute Gasteiger partial charge is 0.434 e. The molecular formula is C24H24O8. The molecule has 168 valence electrons. The molecule has 8 heteroatoms. The zero-order chi connectivity index (χ0) is 23.1. The average Bonchev–Trinajstić information content (AvgIpc) is 2.77. The molecule has 1 aliphatic carbocycles. The van der Waals surface area contributed by atoms with E-state index in [9.17, 15) is 19.2 Å². The van der Waals surface area contributed by atoms with Crippen LogP contribution in [-0.2, 0) is 9.47 Å². The average molecular weight is 440 g/mol. The predicted octanol–water partition coefficient (Wildman–Crippen LogP) is 5.09. The molecule has 0 saturated carbocycles. The standard InChI is InChI=1S/C24H24O8/c1-3-5-11-29-23(27)31-15-13-18-20(19(14-15)32-24(28)30-12-6-4-2)22(26)17-10-8-7-9-16(17)21(18)25/h7-10,13-14H,3-6,11-12H2,1-2H3. The monoisotopic (exact) mass is 440 g/mol. The number of fused-ring (bicyclic) bond motifs is 2. The molecule has 0 unspecified atom stereocenters. The van der Waals surface area contributed by atoms with Gasteiger partial charge in [0.1, 0.15) is 11.5 Å². The zero-order valence-corrected chi connectivity index (χ0v) is 18.0. The van der Waals surface area contributed by atoms with E-state index in [1.54, 1.807) is 12.1 Å². The number of carbonyl (C=O) groups is 4. The Kier molecular flexibility index (Phi) is 7.59. The predicted molar refractivity (Wildman–Crippen MR) is 114 cm³/mol. The molecule has 1 aliphatic rings. The minimum Gasteiger partial charge on any atom is -0.434 e. The van der Waals surface area contributed by atoms with E-state index in [1.807, 2.05) is 13.8 Å². The first kappa shape index (κ1) is 23.0. The van der Waals surface area contributed by atoms with Gasteiger partial charge < -0.3 is 18.9 Å². The van der Waals surface area contributed by atoms with E-state index in [0.717, 1.165) is 12.8 Å². The maximum atomic E-state index is 13.1. The summed E-state index contributed by atoms with van der Waals surface area (Å²) in [5.41, 5.74) is 0.280. The molecule has 2 aromatic rings. The second kappa shape index (κ2) is 10.6. The fourth-order valence-corrected chi connectivity index (χ4v) is 3.15. The van der Waals surface area contributed by atoms with Crippen molar-refractivity contribution in [3.05, 3.63) is 58.7 Å². The summed E-state index contributed by atoms with van der Waals surface area (Å²) in [4.78, 5) is 50.3. The van der Waals surface area contributed by atoms with Crippen LogP contribution in [-0.4, -0.2) is 37.1 Å². The Hall–Kier alpha value is -3.68. The minimum absolute atomic E-state index is 0.0380. The molecule has 32 heavy (non-hydrogen) atoms. The van der Waals surface area contributed by atoms with E-state index < -0.39 is 23.9 Å². The SMILES string of the molecule is CCCCOC(=O)Oc1cc(OC(=O)OCCCC)c2c(c1)C(=O)c1ccccc1C2=O. The van der Waals surface area contributed by atoms with Crippen molar-refractivity contribution >= 4 is 23.9 Å². The van der Waals surface area contributed by atoms with Gasteiger partial charge in [0.2, 0.25) is 0 Å². The van der Waals surface area contributed by atoms with Gasteiger partial charge in [-0.05, 0) is 18.9 Å². The van der Waals surface area contributed by atoms with Crippen molar-refractivity contribution < 1.29 is 38.1 Å². The first-order valence-corrected chi connectivity index (χ1v) is 10.5. The Labute approximate surface area is 185 Å². The van der Waals surface area contributed by atoms with Crippen molar-refractivity contribution in [1.29, 1.82) is 0 Å². The third kappa shape index (κ3) is 5.14. The van der Waals surface area contributed by atoms with Crippen LogP contribution in [0.5, 0.6) is 11.5 Å². The lowest BCUT2D eigenvalue weighted by molar-refractivity contribution is 0.0929. The van der Waals surface area contributed by atoms with Crippen LogP contribution in [0.1, 0.15) is 71.4 Å². The van der Waals surface area contributed by atoms with E-state index in [1.165, 1.54) is 24.3 Å².